The van der Waals surface area contributed by atoms with E-state index in [-0.39, 0.29) is 17.0 Å². The lowest BCUT2D eigenvalue weighted by Crippen LogP contribution is -2.49. The molecular weight excluding hydrogens is 270 g/mol. The van der Waals surface area contributed by atoms with Crippen LogP contribution < -0.4 is 5.32 Å². The smallest absolute Gasteiger partial charge is 0.317 e. The van der Waals surface area contributed by atoms with E-state index in [1.165, 1.54) is 19.3 Å². The van der Waals surface area contributed by atoms with Gasteiger partial charge < -0.3 is 10.2 Å². The number of amides is 2. The molecule has 1 heterocycles. The second kappa shape index (κ2) is 6.20. The Morgan fingerprint density at radius 1 is 1.10 bits per heavy atom. The average Bonchev–Trinajstić information content (AvgIpc) is 2.91. The van der Waals surface area contributed by atoms with Gasteiger partial charge in [0.1, 0.15) is 0 Å². The first-order valence-electron chi connectivity index (χ1n) is 8.36. The Hall–Kier alpha value is -1.33. The number of carbonyl (C=O) groups excluding carboxylic acids is 1. The number of carbonyl (C=O) groups is 1. The zero-order valence-corrected chi connectivity index (χ0v) is 12.5. The molecule has 3 aliphatic rings. The van der Waals surface area contributed by atoms with E-state index >= 15 is 0 Å². The van der Waals surface area contributed by atoms with Crippen LogP contribution in [-0.4, -0.2) is 40.5 Å². The van der Waals surface area contributed by atoms with Gasteiger partial charge in [0.25, 0.3) is 0 Å². The number of nitrogens with zero attached hydrogens (tertiary/aromatic N) is 2. The highest BCUT2D eigenvalue weighted by atomic mass is 16.6. The molecule has 3 rings (SSSR count). The van der Waals surface area contributed by atoms with E-state index in [2.05, 4.69) is 5.32 Å². The number of nitrogens with one attached hydrogen (secondary N) is 1. The third-order valence-electron chi connectivity index (χ3n) is 5.55. The van der Waals surface area contributed by atoms with Crippen molar-refractivity contribution in [2.24, 2.45) is 5.92 Å². The highest BCUT2D eigenvalue weighted by molar-refractivity contribution is 5.75. The minimum Gasteiger partial charge on any atom is -0.335 e. The number of nitro groups is 1. The molecule has 2 amide bonds. The van der Waals surface area contributed by atoms with Crippen LogP contribution in [0.4, 0.5) is 4.79 Å². The molecule has 0 aromatic heterocycles. The van der Waals surface area contributed by atoms with E-state index in [1.807, 2.05) is 4.90 Å². The quantitative estimate of drug-likeness (QED) is 0.628. The molecule has 6 heteroatoms. The average molecular weight is 295 g/mol. The highest BCUT2D eigenvalue weighted by Crippen LogP contribution is 2.37. The van der Waals surface area contributed by atoms with E-state index in [1.54, 1.807) is 0 Å². The number of fused-ring (bicyclic) bond motifs is 1. The summed E-state index contributed by atoms with van der Waals surface area (Å²) in [5, 5.41) is 14.1. The van der Waals surface area contributed by atoms with Crippen molar-refractivity contribution >= 4 is 6.03 Å². The predicted octanol–water partition coefficient (Wildman–Crippen LogP) is 2.55. The number of rotatable bonds is 2. The summed E-state index contributed by atoms with van der Waals surface area (Å²) in [6.45, 7) is 0.762. The maximum absolute atomic E-state index is 12.5. The largest absolute Gasteiger partial charge is 0.335 e. The molecule has 1 N–H and O–H groups in total. The van der Waals surface area contributed by atoms with Crippen molar-refractivity contribution in [1.82, 2.24) is 10.2 Å². The summed E-state index contributed by atoms with van der Waals surface area (Å²) in [6, 6.07) is 0.228. The van der Waals surface area contributed by atoms with Crippen molar-refractivity contribution in [3.63, 3.8) is 0 Å². The SMILES string of the molecule is O=C(NC1CCCCC1)N1CCC2CC([N+](=O)[O-])CCC21. The Morgan fingerprint density at radius 3 is 2.57 bits per heavy atom. The van der Waals surface area contributed by atoms with Crippen LogP contribution in [0.15, 0.2) is 0 Å². The van der Waals surface area contributed by atoms with E-state index in [4.69, 9.17) is 0 Å². The molecular formula is C15H25N3O3. The van der Waals surface area contributed by atoms with Crippen LogP contribution in [0.5, 0.6) is 0 Å². The van der Waals surface area contributed by atoms with Crippen molar-refractivity contribution in [1.29, 1.82) is 0 Å². The van der Waals surface area contributed by atoms with Gasteiger partial charge in [0.05, 0.1) is 0 Å². The number of hydrogen-bond donors (Lipinski definition) is 1. The van der Waals surface area contributed by atoms with Crippen molar-refractivity contribution in [3.05, 3.63) is 10.1 Å². The third-order valence-corrected chi connectivity index (χ3v) is 5.55. The second-order valence-electron chi connectivity index (χ2n) is 6.85. The lowest BCUT2D eigenvalue weighted by molar-refractivity contribution is -0.528. The van der Waals surface area contributed by atoms with Gasteiger partial charge in [-0.2, -0.15) is 0 Å². The Balaban J connectivity index is 1.55. The van der Waals surface area contributed by atoms with Gasteiger partial charge in [-0.05, 0) is 31.6 Å². The van der Waals surface area contributed by atoms with Crippen LogP contribution >= 0.6 is 0 Å². The van der Waals surface area contributed by atoms with Crippen molar-refractivity contribution < 1.29 is 9.72 Å². The molecule has 2 saturated carbocycles. The lowest BCUT2D eigenvalue weighted by Gasteiger charge is -2.34. The standard InChI is InChI=1S/C15H25N3O3/c19-15(16-12-4-2-1-3-5-12)17-9-8-11-10-13(18(20)21)6-7-14(11)17/h11-14H,1-10H2,(H,16,19). The van der Waals surface area contributed by atoms with Gasteiger partial charge in [0.15, 0.2) is 0 Å². The Morgan fingerprint density at radius 2 is 1.86 bits per heavy atom. The van der Waals surface area contributed by atoms with Crippen LogP contribution in [0.3, 0.4) is 0 Å². The fourth-order valence-corrected chi connectivity index (χ4v) is 4.36. The molecule has 6 nitrogen and oxygen atoms in total. The zero-order valence-electron chi connectivity index (χ0n) is 12.5. The lowest BCUT2D eigenvalue weighted by atomic mass is 9.82. The van der Waals surface area contributed by atoms with Crippen molar-refractivity contribution in [2.75, 3.05) is 6.54 Å². The highest BCUT2D eigenvalue weighted by Gasteiger charge is 2.44. The number of likely N-dealkylation sites (tertiary alicyclic amines) is 1. The van der Waals surface area contributed by atoms with E-state index in [9.17, 15) is 14.9 Å². The molecule has 0 bridgehead atoms. The van der Waals surface area contributed by atoms with Gasteiger partial charge in [-0.15, -0.1) is 0 Å². The van der Waals surface area contributed by atoms with Crippen LogP contribution in [-0.2, 0) is 0 Å². The first-order valence-corrected chi connectivity index (χ1v) is 8.36. The molecule has 2 aliphatic carbocycles. The van der Waals surface area contributed by atoms with E-state index < -0.39 is 6.04 Å². The molecule has 3 fully saturated rings. The van der Waals surface area contributed by atoms with Crippen LogP contribution in [0.1, 0.15) is 57.8 Å². The summed E-state index contributed by atoms with van der Waals surface area (Å²) >= 11 is 0. The van der Waals surface area contributed by atoms with Gasteiger partial charge in [0.2, 0.25) is 6.04 Å². The van der Waals surface area contributed by atoms with Crippen molar-refractivity contribution in [3.8, 4) is 0 Å². The van der Waals surface area contributed by atoms with Gasteiger partial charge in [-0.1, -0.05) is 19.3 Å². The molecule has 1 saturated heterocycles. The summed E-state index contributed by atoms with van der Waals surface area (Å²) in [4.78, 5) is 25.2. The maximum Gasteiger partial charge on any atom is 0.317 e. The molecule has 1 aliphatic heterocycles. The van der Waals surface area contributed by atoms with Gasteiger partial charge in [-0.25, -0.2) is 4.79 Å². The van der Waals surface area contributed by atoms with Gasteiger partial charge in [0, 0.05) is 36.4 Å². The molecule has 3 unspecified atom stereocenters. The molecule has 3 atom stereocenters. The molecule has 21 heavy (non-hydrogen) atoms. The second-order valence-corrected chi connectivity index (χ2v) is 6.85. The summed E-state index contributed by atoms with van der Waals surface area (Å²) < 4.78 is 0. The van der Waals surface area contributed by atoms with Crippen LogP contribution in [0.2, 0.25) is 0 Å². The summed E-state index contributed by atoms with van der Waals surface area (Å²) in [5.74, 6) is 0.325. The van der Waals surface area contributed by atoms with Crippen LogP contribution in [0.25, 0.3) is 0 Å². The monoisotopic (exact) mass is 295 g/mol. The molecule has 0 aromatic carbocycles. The van der Waals surface area contributed by atoms with Gasteiger partial charge >= 0.3 is 6.03 Å². The minimum atomic E-state index is -0.396. The topological polar surface area (TPSA) is 75.5 Å². The Bertz CT molecular complexity index is 409. The maximum atomic E-state index is 12.5. The molecule has 0 aromatic rings. The zero-order chi connectivity index (χ0) is 14.8. The summed E-state index contributed by atoms with van der Waals surface area (Å²) in [7, 11) is 0. The predicted molar refractivity (Wildman–Crippen MR) is 78.6 cm³/mol. The first-order chi connectivity index (χ1) is 10.1. The fourth-order valence-electron chi connectivity index (χ4n) is 4.36. The third kappa shape index (κ3) is 3.14. The number of urea groups is 1. The summed E-state index contributed by atoms with van der Waals surface area (Å²) in [5.41, 5.74) is 0. The summed E-state index contributed by atoms with van der Waals surface area (Å²) in [6.07, 6.45) is 8.86. The van der Waals surface area contributed by atoms with Crippen LogP contribution in [0, 0.1) is 16.0 Å². The Labute approximate surface area is 125 Å². The van der Waals surface area contributed by atoms with E-state index in [0.29, 0.717) is 24.8 Å². The normalized spacial score (nSPS) is 33.5. The van der Waals surface area contributed by atoms with E-state index in [0.717, 1.165) is 32.2 Å². The first kappa shape index (κ1) is 14.6. The van der Waals surface area contributed by atoms with Gasteiger partial charge in [-0.3, -0.25) is 10.1 Å². The Kier molecular flexibility index (Phi) is 4.31. The number of hydrogen-bond acceptors (Lipinski definition) is 3. The minimum absolute atomic E-state index is 0.0638. The molecule has 0 radical (unpaired) electrons. The fraction of sp³-hybridized carbons (Fsp3) is 0.933. The van der Waals surface area contributed by atoms with Crippen molar-refractivity contribution in [2.45, 2.75) is 75.9 Å². The molecule has 0 spiro atoms. The molecule has 118 valence electrons.